The molecule has 0 spiro atoms. The van der Waals surface area contributed by atoms with Gasteiger partial charge in [-0.15, -0.1) is 0 Å². The Labute approximate surface area is 93.3 Å². The summed E-state index contributed by atoms with van der Waals surface area (Å²) in [5.41, 5.74) is 1.12. The van der Waals surface area contributed by atoms with Crippen LogP contribution in [0.5, 0.6) is 0 Å². The number of aromatic nitrogens is 1. The Kier molecular flexibility index (Phi) is 2.88. The van der Waals surface area contributed by atoms with Crippen molar-refractivity contribution in [3.8, 4) is 0 Å². The Bertz CT molecular complexity index is 310. The van der Waals surface area contributed by atoms with Gasteiger partial charge in [0.2, 0.25) is 0 Å². The number of halogens is 1. The van der Waals surface area contributed by atoms with Crippen molar-refractivity contribution in [2.24, 2.45) is 5.92 Å². The summed E-state index contributed by atoms with van der Waals surface area (Å²) in [5.74, 6) is 0.841. The predicted octanol–water partition coefficient (Wildman–Crippen LogP) is 2.90. The average Bonchev–Trinajstić information content (AvgIpc) is 2.82. The zero-order valence-corrected chi connectivity index (χ0v) is 10.1. The Balaban J connectivity index is 1.96. The zero-order chi connectivity index (χ0) is 10.1. The van der Waals surface area contributed by atoms with E-state index in [-0.39, 0.29) is 0 Å². The van der Waals surface area contributed by atoms with Crippen LogP contribution in [0.25, 0.3) is 0 Å². The van der Waals surface area contributed by atoms with Gasteiger partial charge in [0, 0.05) is 22.8 Å². The molecule has 1 heterocycles. The molecule has 2 nitrogen and oxygen atoms in total. The van der Waals surface area contributed by atoms with Crippen LogP contribution >= 0.6 is 15.9 Å². The molecule has 0 amide bonds. The first kappa shape index (κ1) is 10.1. The number of hydrogen-bond acceptors (Lipinski definition) is 2. The van der Waals surface area contributed by atoms with Gasteiger partial charge in [0.25, 0.3) is 0 Å². The molecule has 1 unspecified atom stereocenters. The fraction of sp³-hybridized carbons (Fsp3) is 0.545. The Hall–Kier alpha value is -0.410. The first-order valence-corrected chi connectivity index (χ1v) is 5.83. The quantitative estimate of drug-likeness (QED) is 0.898. The fourth-order valence-electron chi connectivity index (χ4n) is 1.60. The van der Waals surface area contributed by atoms with Gasteiger partial charge in [-0.2, -0.15) is 0 Å². The van der Waals surface area contributed by atoms with E-state index in [0.717, 1.165) is 16.1 Å². The average molecular weight is 255 g/mol. The summed E-state index contributed by atoms with van der Waals surface area (Å²) < 4.78 is 1.04. The highest BCUT2D eigenvalue weighted by Gasteiger charge is 2.33. The molecule has 1 aromatic heterocycles. The molecule has 0 radical (unpaired) electrons. The molecule has 14 heavy (non-hydrogen) atoms. The third-order valence-corrected chi connectivity index (χ3v) is 3.24. The first-order chi connectivity index (χ1) is 6.66. The molecular formula is C11H15BrN2. The van der Waals surface area contributed by atoms with Crippen LogP contribution in [-0.4, -0.2) is 11.0 Å². The summed E-state index contributed by atoms with van der Waals surface area (Å²) in [6.07, 6.45) is 3.16. The van der Waals surface area contributed by atoms with Gasteiger partial charge in [-0.05, 0) is 47.3 Å². The van der Waals surface area contributed by atoms with Crippen molar-refractivity contribution in [2.75, 3.05) is 0 Å². The maximum Gasteiger partial charge on any atom is 0.0571 e. The van der Waals surface area contributed by atoms with Crippen LogP contribution in [0.4, 0.5) is 0 Å². The van der Waals surface area contributed by atoms with Gasteiger partial charge in [-0.1, -0.05) is 6.92 Å². The molecule has 1 aromatic rings. The SMILES string of the molecule is CC(N[C@@H]1C[C@H]1C)c1ccc(Br)cn1. The van der Waals surface area contributed by atoms with Crippen molar-refractivity contribution in [1.82, 2.24) is 10.3 Å². The van der Waals surface area contributed by atoms with E-state index in [9.17, 15) is 0 Å². The summed E-state index contributed by atoms with van der Waals surface area (Å²) in [6.45, 7) is 4.45. The topological polar surface area (TPSA) is 24.9 Å². The molecule has 1 aliphatic rings. The second kappa shape index (κ2) is 3.99. The highest BCUT2D eigenvalue weighted by Crippen LogP contribution is 2.31. The van der Waals surface area contributed by atoms with Crippen LogP contribution in [0, 0.1) is 5.92 Å². The van der Waals surface area contributed by atoms with E-state index >= 15 is 0 Å². The molecule has 3 heteroatoms. The third kappa shape index (κ3) is 2.34. The van der Waals surface area contributed by atoms with Gasteiger partial charge < -0.3 is 5.32 Å². The number of nitrogens with one attached hydrogen (secondary N) is 1. The normalized spacial score (nSPS) is 27.4. The largest absolute Gasteiger partial charge is 0.306 e. The third-order valence-electron chi connectivity index (χ3n) is 2.77. The van der Waals surface area contributed by atoms with Crippen molar-refractivity contribution in [2.45, 2.75) is 32.4 Å². The Morgan fingerprint density at radius 3 is 2.79 bits per heavy atom. The molecule has 1 saturated carbocycles. The molecule has 0 aliphatic heterocycles. The summed E-state index contributed by atoms with van der Waals surface area (Å²) in [5, 5.41) is 3.56. The lowest BCUT2D eigenvalue weighted by Crippen LogP contribution is -2.22. The minimum absolute atomic E-state index is 0.359. The fourth-order valence-corrected chi connectivity index (χ4v) is 1.84. The van der Waals surface area contributed by atoms with Crippen molar-refractivity contribution in [1.29, 1.82) is 0 Å². The van der Waals surface area contributed by atoms with Gasteiger partial charge in [0.05, 0.1) is 5.69 Å². The van der Waals surface area contributed by atoms with Gasteiger partial charge in [-0.25, -0.2) is 0 Å². The lowest BCUT2D eigenvalue weighted by molar-refractivity contribution is 0.540. The highest BCUT2D eigenvalue weighted by molar-refractivity contribution is 9.10. The highest BCUT2D eigenvalue weighted by atomic mass is 79.9. The number of nitrogens with zero attached hydrogens (tertiary/aromatic N) is 1. The molecule has 3 atom stereocenters. The van der Waals surface area contributed by atoms with Crippen molar-refractivity contribution in [3.05, 3.63) is 28.5 Å². The maximum atomic E-state index is 4.37. The minimum Gasteiger partial charge on any atom is -0.306 e. The molecule has 1 N–H and O–H groups in total. The van der Waals surface area contributed by atoms with E-state index in [2.05, 4.69) is 46.1 Å². The second-order valence-electron chi connectivity index (χ2n) is 4.11. The van der Waals surface area contributed by atoms with Gasteiger partial charge >= 0.3 is 0 Å². The van der Waals surface area contributed by atoms with E-state index < -0.39 is 0 Å². The Morgan fingerprint density at radius 1 is 1.57 bits per heavy atom. The van der Waals surface area contributed by atoms with Crippen molar-refractivity contribution in [3.63, 3.8) is 0 Å². The van der Waals surface area contributed by atoms with Gasteiger partial charge in [-0.3, -0.25) is 4.98 Å². The molecule has 1 fully saturated rings. The molecule has 0 aromatic carbocycles. The predicted molar refractivity (Wildman–Crippen MR) is 61.1 cm³/mol. The summed E-state index contributed by atoms with van der Waals surface area (Å²) >= 11 is 3.38. The van der Waals surface area contributed by atoms with E-state index in [1.807, 2.05) is 12.3 Å². The van der Waals surface area contributed by atoms with E-state index in [1.54, 1.807) is 0 Å². The monoisotopic (exact) mass is 254 g/mol. The zero-order valence-electron chi connectivity index (χ0n) is 8.50. The molecule has 0 saturated heterocycles. The second-order valence-corrected chi connectivity index (χ2v) is 5.02. The summed E-state index contributed by atoms with van der Waals surface area (Å²) in [7, 11) is 0. The Morgan fingerprint density at radius 2 is 2.29 bits per heavy atom. The summed E-state index contributed by atoms with van der Waals surface area (Å²) in [6, 6.07) is 5.17. The molecular weight excluding hydrogens is 240 g/mol. The van der Waals surface area contributed by atoms with Crippen LogP contribution in [-0.2, 0) is 0 Å². The van der Waals surface area contributed by atoms with E-state index in [1.165, 1.54) is 6.42 Å². The van der Waals surface area contributed by atoms with Gasteiger partial charge in [0.15, 0.2) is 0 Å². The number of pyridine rings is 1. The maximum absolute atomic E-state index is 4.37. The van der Waals surface area contributed by atoms with Crippen LogP contribution < -0.4 is 5.32 Å². The smallest absolute Gasteiger partial charge is 0.0571 e. The van der Waals surface area contributed by atoms with Crippen molar-refractivity contribution >= 4 is 15.9 Å². The summed E-state index contributed by atoms with van der Waals surface area (Å²) in [4.78, 5) is 4.37. The van der Waals surface area contributed by atoms with Crippen molar-refractivity contribution < 1.29 is 0 Å². The van der Waals surface area contributed by atoms with Crippen LogP contribution in [0.2, 0.25) is 0 Å². The lowest BCUT2D eigenvalue weighted by atomic mass is 10.2. The van der Waals surface area contributed by atoms with E-state index in [4.69, 9.17) is 0 Å². The molecule has 0 bridgehead atoms. The van der Waals surface area contributed by atoms with Crippen LogP contribution in [0.3, 0.4) is 0 Å². The lowest BCUT2D eigenvalue weighted by Gasteiger charge is -2.12. The molecule has 1 aliphatic carbocycles. The van der Waals surface area contributed by atoms with Crippen LogP contribution in [0.1, 0.15) is 32.0 Å². The first-order valence-electron chi connectivity index (χ1n) is 5.04. The van der Waals surface area contributed by atoms with E-state index in [0.29, 0.717) is 12.1 Å². The minimum atomic E-state index is 0.359. The molecule has 2 rings (SSSR count). The molecule has 76 valence electrons. The van der Waals surface area contributed by atoms with Crippen LogP contribution in [0.15, 0.2) is 22.8 Å². The number of rotatable bonds is 3. The standard InChI is InChI=1S/C11H15BrN2/c1-7-5-11(7)14-8(2)10-4-3-9(12)6-13-10/h3-4,6-8,11,14H,5H2,1-2H3/t7-,8?,11-/m1/s1. The van der Waals surface area contributed by atoms with Gasteiger partial charge in [0.1, 0.15) is 0 Å². The number of hydrogen-bond donors (Lipinski definition) is 1.